The molecule has 1 fully saturated rings. The third kappa shape index (κ3) is 4.69. The summed E-state index contributed by atoms with van der Waals surface area (Å²) >= 11 is 0. The molecule has 0 spiro atoms. The molecule has 4 rings (SSSR count). The topological polar surface area (TPSA) is 64.4 Å². The number of carbonyl (C=O) groups excluding carboxylic acids is 2. The van der Waals surface area contributed by atoms with Gasteiger partial charge in [0.15, 0.2) is 0 Å². The molecule has 1 amide bonds. The quantitative estimate of drug-likeness (QED) is 0.364. The number of methoxy groups -OCH3 is 1. The van der Waals surface area contributed by atoms with E-state index < -0.39 is 23.4 Å². The fraction of sp³-hybridized carbons (Fsp3) is 0.320. The number of ketones is 1. The summed E-state index contributed by atoms with van der Waals surface area (Å²) in [7, 11) is 1.57. The summed E-state index contributed by atoms with van der Waals surface area (Å²) in [6, 6.07) is 11.9. The van der Waals surface area contributed by atoms with Gasteiger partial charge >= 0.3 is 6.18 Å². The molecule has 1 saturated carbocycles. The molecule has 0 radical (unpaired) electrons. The number of nitrogens with zero attached hydrogens (tertiary/aromatic N) is 3. The lowest BCUT2D eigenvalue weighted by Gasteiger charge is -2.22. The summed E-state index contributed by atoms with van der Waals surface area (Å²) in [6.45, 7) is 3.42. The summed E-state index contributed by atoms with van der Waals surface area (Å²) in [5, 5.41) is 4.27. The average molecular weight is 471 g/mol. The van der Waals surface area contributed by atoms with Crippen molar-refractivity contribution in [2.45, 2.75) is 45.5 Å². The van der Waals surface area contributed by atoms with Gasteiger partial charge in [0, 0.05) is 12.6 Å². The molecule has 1 aliphatic rings. The lowest BCUT2D eigenvalue weighted by molar-refractivity contribution is -0.137. The van der Waals surface area contributed by atoms with E-state index in [0.717, 1.165) is 30.5 Å². The van der Waals surface area contributed by atoms with Crippen molar-refractivity contribution in [3.8, 4) is 11.4 Å². The van der Waals surface area contributed by atoms with Gasteiger partial charge in [-0.3, -0.25) is 9.59 Å². The first-order chi connectivity index (χ1) is 16.1. The second-order valence-corrected chi connectivity index (χ2v) is 8.35. The Morgan fingerprint density at radius 2 is 1.79 bits per heavy atom. The predicted octanol–water partition coefficient (Wildman–Crippen LogP) is 4.89. The van der Waals surface area contributed by atoms with Crippen LogP contribution in [0.5, 0.6) is 5.75 Å². The highest BCUT2D eigenvalue weighted by Gasteiger charge is 2.37. The number of rotatable bonds is 7. The number of hydrogen-bond acceptors (Lipinski definition) is 4. The van der Waals surface area contributed by atoms with Crippen molar-refractivity contribution in [3.63, 3.8) is 0 Å². The molecule has 2 aromatic carbocycles. The Labute approximate surface area is 194 Å². The molecular formula is C25H24F3N3O3. The zero-order chi connectivity index (χ0) is 24.6. The summed E-state index contributed by atoms with van der Waals surface area (Å²) in [5.74, 6) is -0.667. The van der Waals surface area contributed by atoms with Crippen LogP contribution in [0.1, 0.15) is 45.7 Å². The molecule has 3 aromatic rings. The van der Waals surface area contributed by atoms with Crippen molar-refractivity contribution in [2.24, 2.45) is 0 Å². The van der Waals surface area contributed by atoms with Crippen LogP contribution in [0, 0.1) is 13.8 Å². The van der Waals surface area contributed by atoms with E-state index in [1.54, 1.807) is 38.0 Å². The Morgan fingerprint density at radius 1 is 1.12 bits per heavy atom. The molecule has 0 unspecified atom stereocenters. The SMILES string of the molecule is COc1ccc(CN(C(=O)C(=O)c2c(C)nn(-c3cccc(C(F)(F)F)c3)c2C)C2CC2)cc1. The van der Waals surface area contributed by atoms with Crippen molar-refractivity contribution in [1.29, 1.82) is 0 Å². The Hall–Kier alpha value is -3.62. The van der Waals surface area contributed by atoms with Gasteiger partial charge in [0.2, 0.25) is 0 Å². The fourth-order valence-electron chi connectivity index (χ4n) is 3.95. The Kier molecular flexibility index (Phi) is 6.20. The summed E-state index contributed by atoms with van der Waals surface area (Å²) < 4.78 is 45.9. The zero-order valence-corrected chi connectivity index (χ0v) is 19.0. The zero-order valence-electron chi connectivity index (χ0n) is 19.0. The van der Waals surface area contributed by atoms with Crippen LogP contribution in [0.15, 0.2) is 48.5 Å². The van der Waals surface area contributed by atoms with Gasteiger partial charge in [-0.05, 0) is 62.6 Å². The van der Waals surface area contributed by atoms with E-state index in [-0.39, 0.29) is 29.5 Å². The first-order valence-corrected chi connectivity index (χ1v) is 10.8. The number of benzene rings is 2. The maximum absolute atomic E-state index is 13.3. The molecule has 9 heteroatoms. The number of halogens is 3. The molecule has 0 bridgehead atoms. The van der Waals surface area contributed by atoms with Crippen molar-refractivity contribution in [1.82, 2.24) is 14.7 Å². The maximum atomic E-state index is 13.3. The standard InChI is InChI=1S/C25H24F3N3O3/c1-15-22(16(2)31(29-15)20-6-4-5-18(13-20)25(26,27)28)23(32)24(33)30(19-9-10-19)14-17-7-11-21(34-3)12-8-17/h4-8,11-13,19H,9-10,14H2,1-3H3. The number of Topliss-reactive ketones (excluding diaryl/α,β-unsaturated/α-hetero) is 1. The second-order valence-electron chi connectivity index (χ2n) is 8.35. The van der Waals surface area contributed by atoms with Gasteiger partial charge in [0.1, 0.15) is 5.75 Å². The Morgan fingerprint density at radius 3 is 2.38 bits per heavy atom. The average Bonchev–Trinajstić information content (AvgIpc) is 3.61. The van der Waals surface area contributed by atoms with Crippen LogP contribution < -0.4 is 4.74 Å². The van der Waals surface area contributed by atoms with E-state index in [1.165, 1.54) is 16.8 Å². The second kappa shape index (κ2) is 8.96. The molecule has 6 nitrogen and oxygen atoms in total. The summed E-state index contributed by atoms with van der Waals surface area (Å²) in [5.41, 5.74) is 0.925. The first kappa shape index (κ1) is 23.5. The van der Waals surface area contributed by atoms with Gasteiger partial charge in [0.05, 0.1) is 35.3 Å². The fourth-order valence-corrected chi connectivity index (χ4v) is 3.95. The van der Waals surface area contributed by atoms with Crippen molar-refractivity contribution < 1.29 is 27.5 Å². The number of amides is 1. The predicted molar refractivity (Wildman–Crippen MR) is 119 cm³/mol. The van der Waals surface area contributed by atoms with Crippen LogP contribution in [-0.2, 0) is 17.5 Å². The lowest BCUT2D eigenvalue weighted by Crippen LogP contribution is -2.38. The minimum Gasteiger partial charge on any atom is -0.497 e. The summed E-state index contributed by atoms with van der Waals surface area (Å²) in [6.07, 6.45) is -2.87. The van der Waals surface area contributed by atoms with Crippen LogP contribution in [0.2, 0.25) is 0 Å². The van der Waals surface area contributed by atoms with Crippen LogP contribution in [0.25, 0.3) is 5.69 Å². The molecular weight excluding hydrogens is 447 g/mol. The number of aromatic nitrogens is 2. The first-order valence-electron chi connectivity index (χ1n) is 10.8. The monoisotopic (exact) mass is 471 g/mol. The summed E-state index contributed by atoms with van der Waals surface area (Å²) in [4.78, 5) is 28.1. The minimum absolute atomic E-state index is 0.0160. The van der Waals surface area contributed by atoms with E-state index in [2.05, 4.69) is 5.10 Å². The van der Waals surface area contributed by atoms with Crippen molar-refractivity contribution >= 4 is 11.7 Å². The van der Waals surface area contributed by atoms with E-state index in [4.69, 9.17) is 4.74 Å². The molecule has 0 saturated heterocycles. The molecule has 178 valence electrons. The number of carbonyl (C=O) groups is 2. The highest BCUT2D eigenvalue weighted by atomic mass is 19.4. The Bertz CT molecular complexity index is 1230. The molecule has 1 aliphatic carbocycles. The smallest absolute Gasteiger partial charge is 0.416 e. The number of hydrogen-bond donors (Lipinski definition) is 0. The molecule has 0 aliphatic heterocycles. The normalized spacial score (nSPS) is 13.6. The van der Waals surface area contributed by atoms with Gasteiger partial charge in [-0.1, -0.05) is 18.2 Å². The van der Waals surface area contributed by atoms with E-state index in [0.29, 0.717) is 11.4 Å². The number of ether oxygens (including phenoxy) is 1. The Balaban J connectivity index is 1.62. The van der Waals surface area contributed by atoms with Crippen LogP contribution >= 0.6 is 0 Å². The van der Waals surface area contributed by atoms with Crippen LogP contribution in [-0.4, -0.2) is 39.5 Å². The maximum Gasteiger partial charge on any atom is 0.416 e. The van der Waals surface area contributed by atoms with Crippen molar-refractivity contribution in [3.05, 3.63) is 76.6 Å². The number of alkyl halides is 3. The molecule has 1 aromatic heterocycles. The highest BCUT2D eigenvalue weighted by molar-refractivity contribution is 6.43. The molecule has 1 heterocycles. The molecule has 0 N–H and O–H groups in total. The van der Waals surface area contributed by atoms with E-state index >= 15 is 0 Å². The van der Waals surface area contributed by atoms with Crippen LogP contribution in [0.3, 0.4) is 0 Å². The third-order valence-electron chi connectivity index (χ3n) is 5.89. The van der Waals surface area contributed by atoms with E-state index in [9.17, 15) is 22.8 Å². The molecule has 0 atom stereocenters. The minimum atomic E-state index is -4.51. The van der Waals surface area contributed by atoms with Crippen LogP contribution in [0.4, 0.5) is 13.2 Å². The number of aryl methyl sites for hydroxylation is 1. The van der Waals surface area contributed by atoms with E-state index in [1.807, 2.05) is 12.1 Å². The van der Waals surface area contributed by atoms with Gasteiger partial charge < -0.3 is 9.64 Å². The highest BCUT2D eigenvalue weighted by Crippen LogP contribution is 2.32. The lowest BCUT2D eigenvalue weighted by atomic mass is 10.1. The van der Waals surface area contributed by atoms with Crippen molar-refractivity contribution in [2.75, 3.05) is 7.11 Å². The molecule has 34 heavy (non-hydrogen) atoms. The third-order valence-corrected chi connectivity index (χ3v) is 5.89. The van der Waals surface area contributed by atoms with Gasteiger partial charge in [-0.15, -0.1) is 0 Å². The van der Waals surface area contributed by atoms with Gasteiger partial charge in [0.25, 0.3) is 11.7 Å². The van der Waals surface area contributed by atoms with Gasteiger partial charge in [-0.2, -0.15) is 18.3 Å². The van der Waals surface area contributed by atoms with Gasteiger partial charge in [-0.25, -0.2) is 4.68 Å². The largest absolute Gasteiger partial charge is 0.497 e.